The van der Waals surface area contributed by atoms with Crippen molar-refractivity contribution in [1.82, 2.24) is 0 Å². The molecule has 9 heteroatoms. The Labute approximate surface area is 174 Å². The molecule has 29 heavy (non-hydrogen) atoms. The van der Waals surface area contributed by atoms with Gasteiger partial charge < -0.3 is 9.47 Å². The molecule has 2 fully saturated rings. The summed E-state index contributed by atoms with van der Waals surface area (Å²) in [7, 11) is -5.11. The molecule has 164 valence electrons. The van der Waals surface area contributed by atoms with Gasteiger partial charge in [0.15, 0.2) is 0 Å². The highest BCUT2D eigenvalue weighted by Gasteiger charge is 2.63. The average molecular weight is 447 g/mol. The van der Waals surface area contributed by atoms with Crippen LogP contribution < -0.4 is 4.74 Å². The molecular weight excluding hydrogens is 416 g/mol. The van der Waals surface area contributed by atoms with E-state index in [1.807, 2.05) is 0 Å². The Hall–Kier alpha value is -1.29. The zero-order chi connectivity index (χ0) is 21.7. The van der Waals surface area contributed by atoms with E-state index >= 15 is 0 Å². The number of hydrogen-bond donors (Lipinski definition) is 0. The molecule has 0 aliphatic heterocycles. The molecule has 3 atom stereocenters. The van der Waals surface area contributed by atoms with Gasteiger partial charge in [-0.3, -0.25) is 4.18 Å². The predicted octanol–water partition coefficient (Wildman–Crippen LogP) is 4.66. The highest BCUT2D eigenvalue weighted by Crippen LogP contribution is 2.66. The lowest BCUT2D eigenvalue weighted by Crippen LogP contribution is -2.38. The van der Waals surface area contributed by atoms with Crippen molar-refractivity contribution in [3.05, 3.63) is 24.3 Å². The molecular formula is C20H30O7S2. The van der Waals surface area contributed by atoms with E-state index in [1.165, 1.54) is 6.42 Å². The Balaban J connectivity index is 1.63. The molecule has 0 aromatic heterocycles. The molecule has 3 rings (SSSR count). The number of carbonyl (C=O) groups excluding carboxylic acids is 1. The van der Waals surface area contributed by atoms with Gasteiger partial charge in [-0.1, -0.05) is 31.1 Å². The van der Waals surface area contributed by atoms with Crippen molar-refractivity contribution in [1.29, 1.82) is 0 Å². The van der Waals surface area contributed by atoms with Gasteiger partial charge in [-0.15, -0.1) is 0 Å². The third-order valence-electron chi connectivity index (χ3n) is 7.00. The van der Waals surface area contributed by atoms with Crippen LogP contribution in [0.1, 0.15) is 40.0 Å². The molecule has 0 spiro atoms. The minimum absolute atomic E-state index is 0.0297. The minimum atomic E-state index is -4.06. The Kier molecular flexibility index (Phi) is 5.75. The van der Waals surface area contributed by atoms with Gasteiger partial charge in [-0.05, 0) is 67.4 Å². The van der Waals surface area contributed by atoms with E-state index < -0.39 is 26.9 Å². The van der Waals surface area contributed by atoms with Crippen LogP contribution in [0.25, 0.3) is 0 Å². The van der Waals surface area contributed by atoms with E-state index in [9.17, 15) is 13.2 Å². The second-order valence-corrected chi connectivity index (χ2v) is 13.5. The van der Waals surface area contributed by atoms with Crippen molar-refractivity contribution < 1.29 is 30.5 Å². The quantitative estimate of drug-likeness (QED) is 0.464. The molecule has 2 aliphatic carbocycles. The predicted molar refractivity (Wildman–Crippen MR) is 111 cm³/mol. The summed E-state index contributed by atoms with van der Waals surface area (Å²) in [5, 5.41) is 0. The zero-order valence-corrected chi connectivity index (χ0v) is 19.4. The molecule has 0 radical (unpaired) electrons. The van der Waals surface area contributed by atoms with Gasteiger partial charge in [0.05, 0.1) is 7.11 Å². The number of ether oxygens (including phenoxy) is 2. The fourth-order valence-corrected chi connectivity index (χ4v) is 7.65. The maximum absolute atomic E-state index is 12.3. The Morgan fingerprint density at radius 2 is 1.72 bits per heavy atom. The number of fused-ring (bicyclic) bond motifs is 2. The van der Waals surface area contributed by atoms with Crippen LogP contribution in [0.3, 0.4) is 0 Å². The first-order chi connectivity index (χ1) is 13.3. The number of carbonyl (C=O) groups is 1. The topological polar surface area (TPSA) is 88.1 Å². The van der Waals surface area contributed by atoms with E-state index in [2.05, 4.69) is 25.0 Å². The first-order valence-electron chi connectivity index (χ1n) is 9.54. The van der Waals surface area contributed by atoms with Crippen molar-refractivity contribution in [2.24, 2.45) is 16.7 Å². The van der Waals surface area contributed by atoms with Crippen LogP contribution in [-0.4, -0.2) is 40.3 Å². The van der Waals surface area contributed by atoms with Crippen LogP contribution in [0.4, 0.5) is 4.79 Å². The van der Waals surface area contributed by atoms with Gasteiger partial charge in [0.2, 0.25) is 0 Å². The largest absolute Gasteiger partial charge is 0.514 e. The van der Waals surface area contributed by atoms with Crippen molar-refractivity contribution in [2.45, 2.75) is 51.0 Å². The van der Waals surface area contributed by atoms with E-state index in [0.717, 1.165) is 20.0 Å². The summed E-state index contributed by atoms with van der Waals surface area (Å²) in [6.45, 7) is 6.72. The van der Waals surface area contributed by atoms with Gasteiger partial charge in [0.25, 0.3) is 0 Å². The summed E-state index contributed by atoms with van der Waals surface area (Å²) in [5.41, 5.74) is 0.120. The first-order valence-corrected chi connectivity index (χ1v) is 13.2. The number of rotatable bonds is 6. The van der Waals surface area contributed by atoms with Crippen LogP contribution in [0.15, 0.2) is 29.2 Å². The van der Waals surface area contributed by atoms with Crippen LogP contribution in [0.2, 0.25) is 0 Å². The maximum atomic E-state index is 12.3. The van der Waals surface area contributed by atoms with E-state index in [4.69, 9.17) is 13.1 Å². The van der Waals surface area contributed by atoms with Crippen molar-refractivity contribution in [2.75, 3.05) is 19.6 Å². The average Bonchev–Trinajstić information content (AvgIpc) is 2.95. The summed E-state index contributed by atoms with van der Waals surface area (Å²) in [4.78, 5) is 13.0. The lowest BCUT2D eigenvalue weighted by Gasteiger charge is -2.38. The Morgan fingerprint density at radius 3 is 2.21 bits per heavy atom. The van der Waals surface area contributed by atoms with E-state index in [1.54, 1.807) is 36.8 Å². The van der Waals surface area contributed by atoms with Gasteiger partial charge in [0.1, 0.15) is 11.9 Å². The molecule has 7 nitrogen and oxygen atoms in total. The van der Waals surface area contributed by atoms with Gasteiger partial charge in [-0.25, -0.2) is 4.79 Å². The van der Waals surface area contributed by atoms with Crippen LogP contribution in [0.5, 0.6) is 5.75 Å². The molecule has 0 heterocycles. The van der Waals surface area contributed by atoms with Crippen molar-refractivity contribution in [3.63, 3.8) is 0 Å². The molecule has 1 aromatic rings. The molecule has 0 N–H and O–H groups in total. The van der Waals surface area contributed by atoms with Crippen LogP contribution in [-0.2, 0) is 22.9 Å². The standard InChI is InChI=1S/C20H30O7S2/c1-19(2)14-11-12-20(19,3)17(13-14)26-18(21)25-15-7-9-16(10-8-15)28(5,6)27-29(22,23)24-4/h7-10,14,17H,11-13H2,1-6H3. The summed E-state index contributed by atoms with van der Waals surface area (Å²) < 4.78 is 43.7. The van der Waals surface area contributed by atoms with Crippen molar-refractivity contribution >= 4 is 26.9 Å². The third-order valence-corrected chi connectivity index (χ3v) is 10.8. The van der Waals surface area contributed by atoms with Crippen LogP contribution in [0, 0.1) is 16.7 Å². The summed E-state index contributed by atoms with van der Waals surface area (Å²) in [6, 6.07) is 6.54. The van der Waals surface area contributed by atoms with E-state index in [-0.39, 0.29) is 16.9 Å². The molecule has 1 aromatic carbocycles. The SMILES string of the molecule is COS(=O)(=O)OS(C)(C)c1ccc(OC(=O)OC2CC3CCC2(C)C3(C)C)cc1. The van der Waals surface area contributed by atoms with Gasteiger partial charge in [0, 0.05) is 10.3 Å². The Morgan fingerprint density at radius 1 is 1.10 bits per heavy atom. The fraction of sp³-hybridized carbons (Fsp3) is 0.650. The number of hydrogen-bond acceptors (Lipinski definition) is 7. The van der Waals surface area contributed by atoms with Crippen molar-refractivity contribution in [3.8, 4) is 5.75 Å². The Bertz CT molecular complexity index is 877. The fourth-order valence-electron chi connectivity index (χ4n) is 4.66. The molecule has 2 saturated carbocycles. The lowest BCUT2D eigenvalue weighted by molar-refractivity contribution is -0.0220. The van der Waals surface area contributed by atoms with Gasteiger partial charge in [-0.2, -0.15) is 12.0 Å². The third kappa shape index (κ3) is 4.15. The molecule has 2 bridgehead atoms. The molecule has 3 unspecified atom stereocenters. The van der Waals surface area contributed by atoms with E-state index in [0.29, 0.717) is 16.6 Å². The molecule has 2 aliphatic rings. The first kappa shape index (κ1) is 22.4. The normalized spacial score (nSPS) is 28.9. The second kappa shape index (κ2) is 7.44. The smallest absolute Gasteiger partial charge is 0.430 e. The lowest BCUT2D eigenvalue weighted by atomic mass is 9.70. The maximum Gasteiger partial charge on any atom is 0.514 e. The zero-order valence-electron chi connectivity index (χ0n) is 17.8. The monoisotopic (exact) mass is 446 g/mol. The second-order valence-electron chi connectivity index (χ2n) is 8.92. The van der Waals surface area contributed by atoms with Crippen LogP contribution >= 0.6 is 10.3 Å². The highest BCUT2D eigenvalue weighted by atomic mass is 32.3. The summed E-state index contributed by atoms with van der Waals surface area (Å²) in [6.07, 6.45) is 5.63. The summed E-state index contributed by atoms with van der Waals surface area (Å²) >= 11 is 0. The van der Waals surface area contributed by atoms with Gasteiger partial charge >= 0.3 is 16.6 Å². The summed E-state index contributed by atoms with van der Waals surface area (Å²) in [5.74, 6) is 0.897. The highest BCUT2D eigenvalue weighted by molar-refractivity contribution is 8.31. The number of benzene rings is 1. The molecule has 0 saturated heterocycles. The minimum Gasteiger partial charge on any atom is -0.430 e. The molecule has 0 amide bonds.